The molecule has 1 fully saturated rings. The largest absolute Gasteiger partial charge is 0.458 e. The summed E-state index contributed by atoms with van der Waals surface area (Å²) in [5, 5.41) is 11.1. The van der Waals surface area contributed by atoms with Gasteiger partial charge in [0.15, 0.2) is 5.78 Å². The summed E-state index contributed by atoms with van der Waals surface area (Å²) >= 11 is 0. The lowest BCUT2D eigenvalue weighted by molar-refractivity contribution is -0.129. The number of benzene rings is 1. The van der Waals surface area contributed by atoms with Gasteiger partial charge in [0.05, 0.1) is 11.3 Å². The predicted octanol–water partition coefficient (Wildman–Crippen LogP) is 6.68. The van der Waals surface area contributed by atoms with E-state index < -0.39 is 23.7 Å². The van der Waals surface area contributed by atoms with Crippen molar-refractivity contribution in [2.75, 3.05) is 6.54 Å². The van der Waals surface area contributed by atoms with Crippen molar-refractivity contribution in [3.63, 3.8) is 0 Å². The van der Waals surface area contributed by atoms with Gasteiger partial charge < -0.3 is 10.1 Å². The SMILES string of the molecule is CCCCC(CC)CNC(=O)C(N=Nc1ccccc1C(=O)OC1CC(C)CCC1C(C)C)C(C)=O. The molecule has 7 heteroatoms. The zero-order valence-corrected chi connectivity index (χ0v) is 23.0. The fraction of sp³-hybridized carbons (Fsp3) is 0.690. The minimum atomic E-state index is -1.25. The smallest absolute Gasteiger partial charge is 0.340 e. The van der Waals surface area contributed by atoms with Crippen LogP contribution in [0, 0.1) is 23.7 Å². The molecule has 0 spiro atoms. The second kappa shape index (κ2) is 14.9. The van der Waals surface area contributed by atoms with Crippen molar-refractivity contribution in [1.29, 1.82) is 0 Å². The monoisotopic (exact) mass is 499 g/mol. The number of hydrogen-bond donors (Lipinski definition) is 1. The number of esters is 1. The van der Waals surface area contributed by atoms with Gasteiger partial charge in [-0.05, 0) is 62.0 Å². The Balaban J connectivity index is 2.13. The van der Waals surface area contributed by atoms with E-state index in [-0.39, 0.29) is 11.7 Å². The van der Waals surface area contributed by atoms with Crippen LogP contribution in [0.5, 0.6) is 0 Å². The summed E-state index contributed by atoms with van der Waals surface area (Å²) in [7, 11) is 0. The van der Waals surface area contributed by atoms with Gasteiger partial charge >= 0.3 is 5.97 Å². The topological polar surface area (TPSA) is 97.2 Å². The number of ketones is 1. The van der Waals surface area contributed by atoms with Crippen LogP contribution in [0.4, 0.5) is 5.69 Å². The molecule has 0 saturated heterocycles. The Morgan fingerprint density at radius 3 is 2.50 bits per heavy atom. The molecule has 0 aromatic heterocycles. The number of carbonyl (C=O) groups is 3. The molecule has 0 radical (unpaired) electrons. The maximum absolute atomic E-state index is 13.1. The van der Waals surface area contributed by atoms with Gasteiger partial charge in [0.25, 0.3) is 5.91 Å². The molecule has 1 aromatic carbocycles. The van der Waals surface area contributed by atoms with Gasteiger partial charge in [0.2, 0.25) is 6.04 Å². The van der Waals surface area contributed by atoms with E-state index in [1.807, 2.05) is 0 Å². The van der Waals surface area contributed by atoms with Crippen molar-refractivity contribution in [3.05, 3.63) is 29.8 Å². The fourth-order valence-electron chi connectivity index (χ4n) is 4.91. The van der Waals surface area contributed by atoms with Gasteiger partial charge in [-0.3, -0.25) is 9.59 Å². The number of rotatable bonds is 13. The van der Waals surface area contributed by atoms with Crippen LogP contribution >= 0.6 is 0 Å². The summed E-state index contributed by atoms with van der Waals surface area (Å²) < 4.78 is 5.99. The number of unbranched alkanes of at least 4 members (excludes halogenated alkanes) is 1. The molecule has 0 bridgehead atoms. The predicted molar refractivity (Wildman–Crippen MR) is 142 cm³/mol. The summed E-state index contributed by atoms with van der Waals surface area (Å²) in [5.74, 6) is 0.331. The van der Waals surface area contributed by atoms with Crippen molar-refractivity contribution in [1.82, 2.24) is 5.32 Å². The van der Waals surface area contributed by atoms with Crippen LogP contribution in [0.2, 0.25) is 0 Å². The van der Waals surface area contributed by atoms with Crippen LogP contribution in [0.15, 0.2) is 34.5 Å². The van der Waals surface area contributed by atoms with Crippen LogP contribution in [-0.2, 0) is 14.3 Å². The number of amides is 1. The molecule has 200 valence electrons. The molecular weight excluding hydrogens is 454 g/mol. The first-order valence-electron chi connectivity index (χ1n) is 13.7. The van der Waals surface area contributed by atoms with E-state index >= 15 is 0 Å². The number of Topliss-reactive ketones (excluding diaryl/α,β-unsaturated/α-hetero) is 1. The summed E-state index contributed by atoms with van der Waals surface area (Å²) in [6.07, 6.45) is 7.11. The Hall–Kier alpha value is -2.57. The molecule has 1 N–H and O–H groups in total. The highest BCUT2D eigenvalue weighted by Crippen LogP contribution is 2.36. The fourth-order valence-corrected chi connectivity index (χ4v) is 4.91. The summed E-state index contributed by atoms with van der Waals surface area (Å²) in [6, 6.07) is 5.54. The van der Waals surface area contributed by atoms with Crippen molar-refractivity contribution < 1.29 is 19.1 Å². The van der Waals surface area contributed by atoms with E-state index in [0.717, 1.165) is 44.9 Å². The second-order valence-electron chi connectivity index (χ2n) is 10.7. The first kappa shape index (κ1) is 29.7. The number of hydrogen-bond acceptors (Lipinski definition) is 6. The van der Waals surface area contributed by atoms with Crippen LogP contribution < -0.4 is 5.32 Å². The van der Waals surface area contributed by atoms with Crippen LogP contribution in [-0.4, -0.2) is 36.4 Å². The average Bonchev–Trinajstić information content (AvgIpc) is 2.84. The van der Waals surface area contributed by atoms with E-state index in [9.17, 15) is 14.4 Å². The highest BCUT2D eigenvalue weighted by molar-refractivity contribution is 6.04. The zero-order valence-electron chi connectivity index (χ0n) is 23.0. The maximum atomic E-state index is 13.1. The molecule has 1 saturated carbocycles. The molecule has 36 heavy (non-hydrogen) atoms. The number of nitrogens with one attached hydrogen (secondary N) is 1. The number of ether oxygens (including phenoxy) is 1. The van der Waals surface area contributed by atoms with Gasteiger partial charge in [0, 0.05) is 6.54 Å². The quantitative estimate of drug-likeness (QED) is 0.186. The second-order valence-corrected chi connectivity index (χ2v) is 10.7. The standard InChI is InChI=1S/C29H45N3O4/c1-7-9-12-22(8-2)18-30-28(34)27(21(6)33)32-31-25-14-11-10-13-24(25)29(35)36-26-17-20(5)15-16-23(26)19(3)4/h10-11,13-14,19-20,22-23,26-27H,7-9,12,15-18H2,1-6H3,(H,30,34). The highest BCUT2D eigenvalue weighted by atomic mass is 16.5. The first-order chi connectivity index (χ1) is 17.2. The van der Waals surface area contributed by atoms with Gasteiger partial charge in [-0.25, -0.2) is 4.79 Å². The highest BCUT2D eigenvalue weighted by Gasteiger charge is 2.34. The van der Waals surface area contributed by atoms with Crippen LogP contribution in [0.3, 0.4) is 0 Å². The molecule has 1 aromatic rings. The minimum absolute atomic E-state index is 0.138. The zero-order chi connectivity index (χ0) is 26.7. The van der Waals surface area contributed by atoms with Crippen molar-refractivity contribution in [3.8, 4) is 0 Å². The van der Waals surface area contributed by atoms with Gasteiger partial charge in [-0.1, -0.05) is 72.4 Å². The number of nitrogens with zero attached hydrogens (tertiary/aromatic N) is 2. The summed E-state index contributed by atoms with van der Waals surface area (Å²) in [4.78, 5) is 38.1. The Labute approximate surface area is 216 Å². The van der Waals surface area contributed by atoms with Gasteiger partial charge in [-0.2, -0.15) is 10.2 Å². The molecule has 1 aliphatic rings. The third-order valence-corrected chi connectivity index (χ3v) is 7.37. The molecule has 1 amide bonds. The molecule has 5 atom stereocenters. The number of azo groups is 1. The molecule has 0 aliphatic heterocycles. The van der Waals surface area contributed by atoms with E-state index in [0.29, 0.717) is 35.9 Å². The first-order valence-corrected chi connectivity index (χ1v) is 13.7. The lowest BCUT2D eigenvalue weighted by Crippen LogP contribution is -2.39. The van der Waals surface area contributed by atoms with Gasteiger partial charge in [-0.15, -0.1) is 0 Å². The Morgan fingerprint density at radius 1 is 1.14 bits per heavy atom. The van der Waals surface area contributed by atoms with Crippen LogP contribution in [0.1, 0.15) is 96.8 Å². The van der Waals surface area contributed by atoms with Crippen molar-refractivity contribution in [2.24, 2.45) is 33.9 Å². The van der Waals surface area contributed by atoms with E-state index in [2.05, 4.69) is 50.2 Å². The third-order valence-electron chi connectivity index (χ3n) is 7.37. The molecular formula is C29H45N3O4. The molecule has 2 rings (SSSR count). The normalized spacial score (nSPS) is 21.8. The number of carbonyl (C=O) groups excluding carboxylic acids is 3. The average molecular weight is 500 g/mol. The van der Waals surface area contributed by atoms with E-state index in [4.69, 9.17) is 4.74 Å². The van der Waals surface area contributed by atoms with Crippen molar-refractivity contribution in [2.45, 2.75) is 98.6 Å². The van der Waals surface area contributed by atoms with Crippen LogP contribution in [0.25, 0.3) is 0 Å². The lowest BCUT2D eigenvalue weighted by Gasteiger charge is -2.36. The molecule has 7 nitrogen and oxygen atoms in total. The van der Waals surface area contributed by atoms with Gasteiger partial charge in [0.1, 0.15) is 6.10 Å². The summed E-state index contributed by atoms with van der Waals surface area (Å²) in [5.41, 5.74) is 0.580. The third kappa shape index (κ3) is 8.82. The molecule has 1 aliphatic carbocycles. The van der Waals surface area contributed by atoms with E-state index in [1.54, 1.807) is 24.3 Å². The minimum Gasteiger partial charge on any atom is -0.458 e. The van der Waals surface area contributed by atoms with Crippen molar-refractivity contribution >= 4 is 23.3 Å². The maximum Gasteiger partial charge on any atom is 0.340 e. The summed E-state index contributed by atoms with van der Waals surface area (Å²) in [6.45, 7) is 12.6. The Morgan fingerprint density at radius 2 is 1.86 bits per heavy atom. The Kier molecular flexibility index (Phi) is 12.2. The Bertz CT molecular complexity index is 898. The van der Waals surface area contributed by atoms with E-state index in [1.165, 1.54) is 6.92 Å². The lowest BCUT2D eigenvalue weighted by atomic mass is 9.75. The molecule has 5 unspecified atom stereocenters. The molecule has 0 heterocycles.